The molecule has 0 bridgehead atoms. The van der Waals surface area contributed by atoms with Crippen molar-refractivity contribution in [3.8, 4) is 0 Å². The third kappa shape index (κ3) is 3.79. The maximum Gasteiger partial charge on any atom is 0.0466 e. The van der Waals surface area contributed by atoms with E-state index in [0.717, 1.165) is 12.5 Å². The second-order valence-electron chi connectivity index (χ2n) is 6.17. The third-order valence-electron chi connectivity index (χ3n) is 4.36. The van der Waals surface area contributed by atoms with Gasteiger partial charge in [-0.05, 0) is 56.2 Å². The summed E-state index contributed by atoms with van der Waals surface area (Å²) >= 11 is 0. The maximum absolute atomic E-state index is 4.61. The number of nitrogens with zero attached hydrogens (tertiary/aromatic N) is 1. The average molecular weight is 260 g/mol. The first-order valence-electron chi connectivity index (χ1n) is 7.89. The zero-order valence-electron chi connectivity index (χ0n) is 12.7. The molecule has 2 atom stereocenters. The van der Waals surface area contributed by atoms with Crippen molar-refractivity contribution in [1.82, 2.24) is 10.3 Å². The summed E-state index contributed by atoms with van der Waals surface area (Å²) in [5, 5.41) is 3.70. The van der Waals surface area contributed by atoms with Crippen molar-refractivity contribution in [1.29, 1.82) is 0 Å². The molecule has 1 heterocycles. The van der Waals surface area contributed by atoms with Crippen molar-refractivity contribution in [3.05, 3.63) is 29.6 Å². The summed E-state index contributed by atoms with van der Waals surface area (Å²) in [5.74, 6) is 1.41. The van der Waals surface area contributed by atoms with Crippen molar-refractivity contribution in [2.24, 2.45) is 5.92 Å². The van der Waals surface area contributed by atoms with Gasteiger partial charge in [0, 0.05) is 23.9 Å². The summed E-state index contributed by atoms with van der Waals surface area (Å²) in [6.07, 6.45) is 8.25. The first-order chi connectivity index (χ1) is 9.22. The van der Waals surface area contributed by atoms with Crippen LogP contribution >= 0.6 is 0 Å². The molecular formula is C17H28N2. The van der Waals surface area contributed by atoms with Gasteiger partial charge in [0.1, 0.15) is 0 Å². The summed E-state index contributed by atoms with van der Waals surface area (Å²) in [6, 6.07) is 4.98. The van der Waals surface area contributed by atoms with Gasteiger partial charge in [-0.1, -0.05) is 26.8 Å². The fourth-order valence-electron chi connectivity index (χ4n) is 3.16. The predicted molar refractivity (Wildman–Crippen MR) is 81.5 cm³/mol. The zero-order chi connectivity index (χ0) is 13.7. The largest absolute Gasteiger partial charge is 0.314 e. The normalized spacial score (nSPS) is 19.7. The van der Waals surface area contributed by atoms with Crippen molar-refractivity contribution in [2.75, 3.05) is 6.54 Å². The molecule has 0 aromatic carbocycles. The SMILES string of the molecule is CCCNC(CCC1CCc2cccnc21)C(C)C. The smallest absolute Gasteiger partial charge is 0.0466 e. The molecule has 1 aromatic heterocycles. The highest BCUT2D eigenvalue weighted by atomic mass is 14.9. The number of nitrogens with one attached hydrogen (secondary N) is 1. The van der Waals surface area contributed by atoms with Crippen LogP contribution in [0.2, 0.25) is 0 Å². The van der Waals surface area contributed by atoms with E-state index in [1.807, 2.05) is 6.20 Å². The molecule has 106 valence electrons. The van der Waals surface area contributed by atoms with Gasteiger partial charge < -0.3 is 5.32 Å². The van der Waals surface area contributed by atoms with Gasteiger partial charge in [0.25, 0.3) is 0 Å². The van der Waals surface area contributed by atoms with E-state index in [2.05, 4.69) is 43.2 Å². The van der Waals surface area contributed by atoms with Crippen molar-refractivity contribution >= 4 is 0 Å². The van der Waals surface area contributed by atoms with E-state index in [1.54, 1.807) is 0 Å². The fourth-order valence-corrected chi connectivity index (χ4v) is 3.16. The van der Waals surface area contributed by atoms with E-state index in [1.165, 1.54) is 43.4 Å². The monoisotopic (exact) mass is 260 g/mol. The quantitative estimate of drug-likeness (QED) is 0.804. The van der Waals surface area contributed by atoms with Crippen LogP contribution < -0.4 is 5.32 Å². The number of aromatic nitrogens is 1. The Balaban J connectivity index is 1.88. The van der Waals surface area contributed by atoms with Gasteiger partial charge in [0.15, 0.2) is 0 Å². The molecule has 0 saturated heterocycles. The Kier molecular flexibility index (Phi) is 5.38. The van der Waals surface area contributed by atoms with Gasteiger partial charge in [-0.15, -0.1) is 0 Å². The summed E-state index contributed by atoms with van der Waals surface area (Å²) in [4.78, 5) is 4.61. The fraction of sp³-hybridized carbons (Fsp3) is 0.706. The molecule has 1 aliphatic rings. The first-order valence-corrected chi connectivity index (χ1v) is 7.89. The van der Waals surface area contributed by atoms with Gasteiger partial charge >= 0.3 is 0 Å². The minimum atomic E-state index is 0.660. The minimum Gasteiger partial charge on any atom is -0.314 e. The van der Waals surface area contributed by atoms with Gasteiger partial charge in [0.05, 0.1) is 0 Å². The van der Waals surface area contributed by atoms with Crippen LogP contribution in [0.3, 0.4) is 0 Å². The highest BCUT2D eigenvalue weighted by Crippen LogP contribution is 2.35. The Morgan fingerprint density at radius 2 is 2.26 bits per heavy atom. The lowest BCUT2D eigenvalue weighted by Gasteiger charge is -2.23. The van der Waals surface area contributed by atoms with Crippen LogP contribution in [0.25, 0.3) is 0 Å². The average Bonchev–Trinajstić information content (AvgIpc) is 2.82. The number of hydrogen-bond acceptors (Lipinski definition) is 2. The van der Waals surface area contributed by atoms with Crippen LogP contribution in [0, 0.1) is 5.92 Å². The summed E-state index contributed by atoms with van der Waals surface area (Å²) < 4.78 is 0. The van der Waals surface area contributed by atoms with E-state index in [9.17, 15) is 0 Å². The van der Waals surface area contributed by atoms with Crippen LogP contribution in [-0.4, -0.2) is 17.6 Å². The Morgan fingerprint density at radius 1 is 1.42 bits per heavy atom. The molecule has 0 spiro atoms. The van der Waals surface area contributed by atoms with Gasteiger partial charge in [0.2, 0.25) is 0 Å². The van der Waals surface area contributed by atoms with E-state index < -0.39 is 0 Å². The summed E-state index contributed by atoms with van der Waals surface area (Å²) in [5.41, 5.74) is 2.86. The molecule has 2 heteroatoms. The summed E-state index contributed by atoms with van der Waals surface area (Å²) in [6.45, 7) is 8.03. The standard InChI is InChI=1S/C17H28N2/c1-4-11-18-16(13(2)3)10-9-15-8-7-14-6-5-12-19-17(14)15/h5-6,12-13,15-16,18H,4,7-11H2,1-3H3. The Labute approximate surface area is 118 Å². The molecule has 0 aliphatic heterocycles. The van der Waals surface area contributed by atoms with Crippen molar-refractivity contribution in [3.63, 3.8) is 0 Å². The van der Waals surface area contributed by atoms with Gasteiger partial charge in [-0.3, -0.25) is 4.98 Å². The highest BCUT2D eigenvalue weighted by molar-refractivity contribution is 5.28. The summed E-state index contributed by atoms with van der Waals surface area (Å²) in [7, 11) is 0. The molecule has 2 nitrogen and oxygen atoms in total. The van der Waals surface area contributed by atoms with Crippen LogP contribution in [0.4, 0.5) is 0 Å². The second kappa shape index (κ2) is 7.04. The van der Waals surface area contributed by atoms with Crippen molar-refractivity contribution in [2.45, 2.75) is 64.8 Å². The molecule has 19 heavy (non-hydrogen) atoms. The first kappa shape index (κ1) is 14.5. The predicted octanol–water partition coefficient (Wildman–Crippen LogP) is 3.92. The lowest BCUT2D eigenvalue weighted by atomic mass is 9.92. The van der Waals surface area contributed by atoms with E-state index in [-0.39, 0.29) is 0 Å². The molecule has 1 aliphatic carbocycles. The molecule has 1 N–H and O–H groups in total. The Hall–Kier alpha value is -0.890. The minimum absolute atomic E-state index is 0.660. The van der Waals surface area contributed by atoms with Gasteiger partial charge in [-0.25, -0.2) is 0 Å². The number of rotatable bonds is 7. The molecule has 0 fully saturated rings. The lowest BCUT2D eigenvalue weighted by Crippen LogP contribution is -2.34. The Morgan fingerprint density at radius 3 is 3.00 bits per heavy atom. The molecule has 0 amide bonds. The number of pyridine rings is 1. The Bertz CT molecular complexity index is 387. The maximum atomic E-state index is 4.61. The lowest BCUT2D eigenvalue weighted by molar-refractivity contribution is 0.357. The molecule has 2 unspecified atom stereocenters. The van der Waals surface area contributed by atoms with E-state index in [4.69, 9.17) is 0 Å². The highest BCUT2D eigenvalue weighted by Gasteiger charge is 2.24. The van der Waals surface area contributed by atoms with Crippen molar-refractivity contribution < 1.29 is 0 Å². The third-order valence-corrected chi connectivity index (χ3v) is 4.36. The molecule has 0 radical (unpaired) electrons. The van der Waals surface area contributed by atoms with Crippen LogP contribution in [0.5, 0.6) is 0 Å². The number of aryl methyl sites for hydroxylation is 1. The molecule has 1 aromatic rings. The molecule has 2 rings (SSSR count). The van der Waals surface area contributed by atoms with Crippen LogP contribution in [0.15, 0.2) is 18.3 Å². The van der Waals surface area contributed by atoms with Crippen LogP contribution in [0.1, 0.15) is 63.6 Å². The molecule has 0 saturated carbocycles. The van der Waals surface area contributed by atoms with E-state index >= 15 is 0 Å². The van der Waals surface area contributed by atoms with Gasteiger partial charge in [-0.2, -0.15) is 0 Å². The number of fused-ring (bicyclic) bond motifs is 1. The van der Waals surface area contributed by atoms with E-state index in [0.29, 0.717) is 12.0 Å². The number of hydrogen-bond donors (Lipinski definition) is 1. The molecular weight excluding hydrogens is 232 g/mol. The second-order valence-corrected chi connectivity index (χ2v) is 6.17. The van der Waals surface area contributed by atoms with Crippen LogP contribution in [-0.2, 0) is 6.42 Å². The topological polar surface area (TPSA) is 24.9 Å². The zero-order valence-corrected chi connectivity index (χ0v) is 12.7.